The highest BCUT2D eigenvalue weighted by Gasteiger charge is 2.09. The van der Waals surface area contributed by atoms with Gasteiger partial charge in [-0.3, -0.25) is 0 Å². The molecule has 0 atom stereocenters. The molecule has 0 amide bonds. The summed E-state index contributed by atoms with van der Waals surface area (Å²) in [6.07, 6.45) is 0. The fourth-order valence-corrected chi connectivity index (χ4v) is 2.10. The summed E-state index contributed by atoms with van der Waals surface area (Å²) < 4.78 is 20.8. The zero-order chi connectivity index (χ0) is 9.94. The molecule has 0 aliphatic carbocycles. The van der Waals surface area contributed by atoms with Gasteiger partial charge in [-0.1, -0.05) is 6.92 Å². The van der Waals surface area contributed by atoms with Crippen LogP contribution in [0.2, 0.25) is 6.04 Å². The van der Waals surface area contributed by atoms with Crippen LogP contribution in [0, 0.1) is 0 Å². The van der Waals surface area contributed by atoms with Gasteiger partial charge in [0.1, 0.15) is 0 Å². The maximum absolute atomic E-state index is 5.51. The molecule has 0 bridgehead atoms. The molecule has 0 heterocycles. The Balaban J connectivity index is 3.28. The van der Waals surface area contributed by atoms with E-state index in [1.165, 1.54) is 0 Å². The van der Waals surface area contributed by atoms with Gasteiger partial charge in [0.05, 0.1) is 26.4 Å². The summed E-state index contributed by atoms with van der Waals surface area (Å²) in [7, 11) is 1.89. The molecule has 4 nitrogen and oxygen atoms in total. The second-order valence-electron chi connectivity index (χ2n) is 2.56. The van der Waals surface area contributed by atoms with Crippen LogP contribution in [0.5, 0.6) is 0 Å². The van der Waals surface area contributed by atoms with Crippen molar-refractivity contribution in [1.82, 2.24) is 0 Å². The fraction of sp³-hybridized carbons (Fsp3) is 1.00. The molecule has 0 unspecified atom stereocenters. The minimum atomic E-state index is -1.44. The van der Waals surface area contributed by atoms with Gasteiger partial charge in [0, 0.05) is 14.2 Å². The lowest BCUT2D eigenvalue weighted by molar-refractivity contribution is 0.1000. The highest BCUT2D eigenvalue weighted by molar-refractivity contribution is 6.44. The molecule has 0 aromatic carbocycles. The van der Waals surface area contributed by atoms with Crippen molar-refractivity contribution in [2.75, 3.05) is 40.6 Å². The average Bonchev–Trinajstić information content (AvgIpc) is 2.16. The predicted octanol–water partition coefficient (Wildman–Crippen LogP) is 0.553. The van der Waals surface area contributed by atoms with E-state index in [4.69, 9.17) is 18.3 Å². The van der Waals surface area contributed by atoms with Gasteiger partial charge in [0.2, 0.25) is 0 Å². The van der Waals surface area contributed by atoms with Gasteiger partial charge in [-0.05, 0) is 6.04 Å². The summed E-state index contributed by atoms with van der Waals surface area (Å²) in [4.78, 5) is 0. The topological polar surface area (TPSA) is 36.9 Å². The Labute approximate surface area is 82.0 Å². The Bertz CT molecular complexity index is 92.1. The minimum absolute atomic E-state index is 0.633. The lowest BCUT2D eigenvalue weighted by Gasteiger charge is -2.14. The van der Waals surface area contributed by atoms with Gasteiger partial charge in [-0.15, -0.1) is 0 Å². The van der Waals surface area contributed by atoms with Crippen LogP contribution in [-0.2, 0) is 18.3 Å². The number of rotatable bonds is 9. The third-order valence-electron chi connectivity index (χ3n) is 1.52. The van der Waals surface area contributed by atoms with Gasteiger partial charge in [0.25, 0.3) is 0 Å². The molecule has 0 saturated heterocycles. The van der Waals surface area contributed by atoms with Crippen molar-refractivity contribution in [2.45, 2.75) is 13.0 Å². The summed E-state index contributed by atoms with van der Waals surface area (Å²) in [5.41, 5.74) is 0. The van der Waals surface area contributed by atoms with E-state index in [0.717, 1.165) is 6.04 Å². The van der Waals surface area contributed by atoms with Crippen LogP contribution in [-0.4, -0.2) is 49.9 Å². The third kappa shape index (κ3) is 8.39. The minimum Gasteiger partial charge on any atom is -0.394 e. The summed E-state index contributed by atoms with van der Waals surface area (Å²) in [6, 6.07) is 0.980. The molecule has 0 spiro atoms. The number of hydrogen-bond donors (Lipinski definition) is 0. The molecule has 0 aromatic heterocycles. The normalized spacial score (nSPS) is 11.1. The van der Waals surface area contributed by atoms with Gasteiger partial charge in [-0.25, -0.2) is 0 Å². The zero-order valence-corrected chi connectivity index (χ0v) is 9.90. The van der Waals surface area contributed by atoms with Crippen molar-refractivity contribution in [3.05, 3.63) is 0 Å². The van der Waals surface area contributed by atoms with Crippen molar-refractivity contribution in [3.8, 4) is 0 Å². The average molecular weight is 208 g/mol. The second-order valence-corrected chi connectivity index (χ2v) is 4.91. The molecule has 13 heavy (non-hydrogen) atoms. The maximum Gasteiger partial charge on any atom is 0.321 e. The monoisotopic (exact) mass is 208 g/mol. The van der Waals surface area contributed by atoms with Gasteiger partial charge in [0.15, 0.2) is 0 Å². The molecular weight excluding hydrogens is 188 g/mol. The van der Waals surface area contributed by atoms with E-state index in [1.807, 2.05) is 0 Å². The van der Waals surface area contributed by atoms with Crippen molar-refractivity contribution in [2.24, 2.45) is 0 Å². The van der Waals surface area contributed by atoms with Crippen LogP contribution in [0.3, 0.4) is 0 Å². The Morgan fingerprint density at radius 1 is 0.846 bits per heavy atom. The van der Waals surface area contributed by atoms with Crippen LogP contribution >= 0.6 is 0 Å². The maximum atomic E-state index is 5.51. The van der Waals surface area contributed by atoms with Crippen molar-refractivity contribution in [3.63, 3.8) is 0 Å². The van der Waals surface area contributed by atoms with Gasteiger partial charge in [-0.2, -0.15) is 0 Å². The molecule has 0 aliphatic heterocycles. The molecule has 0 radical (unpaired) electrons. The molecule has 80 valence electrons. The van der Waals surface area contributed by atoms with E-state index in [-0.39, 0.29) is 0 Å². The van der Waals surface area contributed by atoms with Gasteiger partial charge >= 0.3 is 9.28 Å². The van der Waals surface area contributed by atoms with E-state index in [9.17, 15) is 0 Å². The van der Waals surface area contributed by atoms with Crippen molar-refractivity contribution in [1.29, 1.82) is 0 Å². The Kier molecular flexibility index (Phi) is 10.2. The first-order chi connectivity index (χ1) is 6.35. The smallest absolute Gasteiger partial charge is 0.321 e. The summed E-state index contributed by atoms with van der Waals surface area (Å²) >= 11 is 0. The lowest BCUT2D eigenvalue weighted by Crippen LogP contribution is -2.25. The fourth-order valence-electron chi connectivity index (χ4n) is 0.810. The van der Waals surface area contributed by atoms with Crippen LogP contribution in [0.25, 0.3) is 0 Å². The molecule has 0 N–H and O–H groups in total. The van der Waals surface area contributed by atoms with Crippen molar-refractivity contribution < 1.29 is 18.3 Å². The molecule has 0 aliphatic rings. The van der Waals surface area contributed by atoms with E-state index in [1.54, 1.807) is 14.2 Å². The third-order valence-corrected chi connectivity index (χ3v) is 3.40. The van der Waals surface area contributed by atoms with Crippen LogP contribution < -0.4 is 0 Å². The molecular formula is C8H20O4Si. The SMILES string of the molecule is CC[SiH](OCCOC)OCCOC. The predicted molar refractivity (Wildman–Crippen MR) is 53.3 cm³/mol. The highest BCUT2D eigenvalue weighted by atomic mass is 28.3. The van der Waals surface area contributed by atoms with E-state index in [2.05, 4.69) is 6.92 Å². The molecule has 0 rings (SSSR count). The number of ether oxygens (including phenoxy) is 2. The first kappa shape index (κ1) is 13.1. The summed E-state index contributed by atoms with van der Waals surface area (Å²) in [5.74, 6) is 0. The Morgan fingerprint density at radius 3 is 1.62 bits per heavy atom. The zero-order valence-electron chi connectivity index (χ0n) is 8.75. The lowest BCUT2D eigenvalue weighted by atomic mass is 10.8. The van der Waals surface area contributed by atoms with E-state index < -0.39 is 9.28 Å². The molecule has 5 heteroatoms. The molecule has 0 aromatic rings. The largest absolute Gasteiger partial charge is 0.394 e. The standard InChI is InChI=1S/C8H20O4Si/c1-4-13(11-7-5-9-2)12-8-6-10-3/h13H,4-8H2,1-3H3. The van der Waals surface area contributed by atoms with Crippen LogP contribution in [0.4, 0.5) is 0 Å². The first-order valence-corrected chi connectivity index (χ1v) is 6.32. The number of methoxy groups -OCH3 is 2. The molecule has 0 saturated carbocycles. The second kappa shape index (κ2) is 10.1. The van der Waals surface area contributed by atoms with E-state index >= 15 is 0 Å². The first-order valence-electron chi connectivity index (χ1n) is 4.56. The quantitative estimate of drug-likeness (QED) is 0.410. The number of hydrogen-bond acceptors (Lipinski definition) is 4. The van der Waals surface area contributed by atoms with Crippen LogP contribution in [0.1, 0.15) is 6.92 Å². The summed E-state index contributed by atoms with van der Waals surface area (Å²) in [5, 5.41) is 0. The summed E-state index contributed by atoms with van der Waals surface area (Å²) in [6.45, 7) is 4.62. The highest BCUT2D eigenvalue weighted by Crippen LogP contribution is 1.96. The van der Waals surface area contributed by atoms with E-state index in [0.29, 0.717) is 26.4 Å². The molecule has 0 fully saturated rings. The van der Waals surface area contributed by atoms with Crippen LogP contribution in [0.15, 0.2) is 0 Å². The van der Waals surface area contributed by atoms with Crippen molar-refractivity contribution >= 4 is 9.28 Å². The Morgan fingerprint density at radius 2 is 1.31 bits per heavy atom. The van der Waals surface area contributed by atoms with Gasteiger partial charge < -0.3 is 18.3 Å². The Hall–Kier alpha value is 0.0569.